The van der Waals surface area contributed by atoms with Gasteiger partial charge in [-0.2, -0.15) is 11.8 Å². The first kappa shape index (κ1) is 15.9. The van der Waals surface area contributed by atoms with Crippen LogP contribution in [0, 0.1) is 5.92 Å². The molecule has 1 fully saturated rings. The largest absolute Gasteiger partial charge is 0.309 e. The third-order valence-corrected chi connectivity index (χ3v) is 4.77. The second-order valence-electron chi connectivity index (χ2n) is 6.00. The topological polar surface area (TPSA) is 15.3 Å². The Labute approximate surface area is 128 Å². The van der Waals surface area contributed by atoms with Crippen LogP contribution in [0.15, 0.2) is 30.3 Å². The van der Waals surface area contributed by atoms with Crippen molar-refractivity contribution in [2.24, 2.45) is 5.92 Å². The monoisotopic (exact) mass is 292 g/mol. The first-order valence-electron chi connectivity index (χ1n) is 7.84. The summed E-state index contributed by atoms with van der Waals surface area (Å²) in [7, 11) is 0. The second kappa shape index (κ2) is 8.71. The average molecular weight is 292 g/mol. The lowest BCUT2D eigenvalue weighted by Gasteiger charge is -2.28. The molecule has 0 amide bonds. The average Bonchev–Trinajstić information content (AvgIpc) is 2.48. The smallest absolute Gasteiger partial charge is 0.0323 e. The fraction of sp³-hybridized carbons (Fsp3) is 0.647. The second-order valence-corrected chi connectivity index (χ2v) is 7.23. The first-order chi connectivity index (χ1) is 9.75. The van der Waals surface area contributed by atoms with Crippen LogP contribution < -0.4 is 5.32 Å². The van der Waals surface area contributed by atoms with Crippen LogP contribution in [0.2, 0.25) is 0 Å². The minimum absolute atomic E-state index is 0.496. The van der Waals surface area contributed by atoms with Gasteiger partial charge in [-0.25, -0.2) is 0 Å². The SMILES string of the molecule is CC(C)CC(NCCN1CCSCC1)c1ccccc1. The third-order valence-electron chi connectivity index (χ3n) is 3.83. The van der Waals surface area contributed by atoms with Crippen LogP contribution >= 0.6 is 11.8 Å². The van der Waals surface area contributed by atoms with Crippen molar-refractivity contribution in [1.29, 1.82) is 0 Å². The van der Waals surface area contributed by atoms with E-state index in [-0.39, 0.29) is 0 Å². The standard InChI is InChI=1S/C17H28N2S/c1-15(2)14-17(16-6-4-3-5-7-16)18-8-9-19-10-12-20-13-11-19/h3-7,15,17-18H,8-14H2,1-2H3. The predicted octanol–water partition coefficient (Wildman–Crippen LogP) is 3.41. The van der Waals surface area contributed by atoms with Gasteiger partial charge in [0.2, 0.25) is 0 Å². The zero-order valence-electron chi connectivity index (χ0n) is 12.8. The molecule has 1 aromatic carbocycles. The van der Waals surface area contributed by atoms with Gasteiger partial charge in [-0.05, 0) is 17.9 Å². The van der Waals surface area contributed by atoms with Gasteiger partial charge in [0.15, 0.2) is 0 Å². The highest BCUT2D eigenvalue weighted by Gasteiger charge is 2.14. The molecule has 0 aromatic heterocycles. The van der Waals surface area contributed by atoms with Crippen LogP contribution in [0.3, 0.4) is 0 Å². The van der Waals surface area contributed by atoms with E-state index in [1.54, 1.807) is 0 Å². The molecule has 1 aliphatic rings. The maximum absolute atomic E-state index is 3.77. The molecule has 0 radical (unpaired) electrons. The molecule has 1 N–H and O–H groups in total. The quantitative estimate of drug-likeness (QED) is 0.829. The van der Waals surface area contributed by atoms with Gasteiger partial charge in [0.1, 0.15) is 0 Å². The summed E-state index contributed by atoms with van der Waals surface area (Å²) in [6.45, 7) is 9.40. The molecule has 0 aliphatic carbocycles. The van der Waals surface area contributed by atoms with Crippen LogP contribution in [-0.4, -0.2) is 42.6 Å². The molecule has 0 spiro atoms. The molecule has 1 aromatic rings. The van der Waals surface area contributed by atoms with Crippen molar-refractivity contribution in [2.75, 3.05) is 37.7 Å². The van der Waals surface area contributed by atoms with E-state index in [0.717, 1.165) is 12.5 Å². The van der Waals surface area contributed by atoms with E-state index in [2.05, 4.69) is 66.2 Å². The van der Waals surface area contributed by atoms with Gasteiger partial charge < -0.3 is 10.2 Å². The van der Waals surface area contributed by atoms with Gasteiger partial charge in [0.25, 0.3) is 0 Å². The van der Waals surface area contributed by atoms with Crippen molar-refractivity contribution in [1.82, 2.24) is 10.2 Å². The van der Waals surface area contributed by atoms with Crippen molar-refractivity contribution >= 4 is 11.8 Å². The number of rotatable bonds is 7. The number of thioether (sulfide) groups is 1. The van der Waals surface area contributed by atoms with E-state index in [1.165, 1.54) is 43.1 Å². The fourth-order valence-electron chi connectivity index (χ4n) is 2.72. The minimum Gasteiger partial charge on any atom is -0.309 e. The molecule has 1 saturated heterocycles. The van der Waals surface area contributed by atoms with Crippen LogP contribution in [-0.2, 0) is 0 Å². The Hall–Kier alpha value is -0.510. The number of benzene rings is 1. The lowest BCUT2D eigenvalue weighted by atomic mass is 9.97. The van der Waals surface area contributed by atoms with E-state index in [9.17, 15) is 0 Å². The Balaban J connectivity index is 1.81. The Bertz CT molecular complexity index is 361. The van der Waals surface area contributed by atoms with Gasteiger partial charge in [-0.3, -0.25) is 0 Å². The van der Waals surface area contributed by atoms with Crippen LogP contribution in [0.25, 0.3) is 0 Å². The Morgan fingerprint density at radius 3 is 2.50 bits per heavy atom. The van der Waals surface area contributed by atoms with Crippen molar-refractivity contribution < 1.29 is 0 Å². The van der Waals surface area contributed by atoms with E-state index in [1.807, 2.05) is 0 Å². The molecule has 2 nitrogen and oxygen atoms in total. The molecule has 20 heavy (non-hydrogen) atoms. The fourth-order valence-corrected chi connectivity index (χ4v) is 3.69. The molecule has 0 bridgehead atoms. The first-order valence-corrected chi connectivity index (χ1v) is 8.99. The molecule has 0 saturated carbocycles. The summed E-state index contributed by atoms with van der Waals surface area (Å²) in [5.74, 6) is 3.32. The van der Waals surface area contributed by atoms with E-state index in [0.29, 0.717) is 6.04 Å². The molecule has 1 aliphatic heterocycles. The zero-order chi connectivity index (χ0) is 14.2. The maximum Gasteiger partial charge on any atom is 0.0323 e. The molecule has 1 atom stereocenters. The summed E-state index contributed by atoms with van der Waals surface area (Å²) in [4.78, 5) is 2.58. The molecule has 1 unspecified atom stereocenters. The summed E-state index contributed by atoms with van der Waals surface area (Å²) < 4.78 is 0. The number of nitrogens with one attached hydrogen (secondary N) is 1. The Morgan fingerprint density at radius 1 is 1.15 bits per heavy atom. The lowest BCUT2D eigenvalue weighted by molar-refractivity contribution is 0.290. The number of hydrogen-bond acceptors (Lipinski definition) is 3. The summed E-state index contributed by atoms with van der Waals surface area (Å²) in [6, 6.07) is 11.4. The van der Waals surface area contributed by atoms with Crippen molar-refractivity contribution in [3.8, 4) is 0 Å². The summed E-state index contributed by atoms with van der Waals surface area (Å²) in [6.07, 6.45) is 1.21. The van der Waals surface area contributed by atoms with Crippen molar-refractivity contribution in [3.05, 3.63) is 35.9 Å². The molecule has 112 valence electrons. The van der Waals surface area contributed by atoms with Crippen molar-refractivity contribution in [2.45, 2.75) is 26.3 Å². The van der Waals surface area contributed by atoms with Gasteiger partial charge in [0, 0.05) is 43.7 Å². The third kappa shape index (κ3) is 5.47. The van der Waals surface area contributed by atoms with Gasteiger partial charge >= 0.3 is 0 Å². The highest BCUT2D eigenvalue weighted by Crippen LogP contribution is 2.20. The molecule has 2 rings (SSSR count). The van der Waals surface area contributed by atoms with E-state index in [4.69, 9.17) is 0 Å². The van der Waals surface area contributed by atoms with Crippen LogP contribution in [0.5, 0.6) is 0 Å². The highest BCUT2D eigenvalue weighted by atomic mass is 32.2. The Kier molecular flexibility index (Phi) is 6.91. The number of nitrogens with zero attached hydrogens (tertiary/aromatic N) is 1. The maximum atomic E-state index is 3.77. The summed E-state index contributed by atoms with van der Waals surface area (Å²) in [5.41, 5.74) is 1.43. The normalized spacial score (nSPS) is 18.4. The molecular weight excluding hydrogens is 264 g/mol. The zero-order valence-corrected chi connectivity index (χ0v) is 13.7. The molecule has 1 heterocycles. The van der Waals surface area contributed by atoms with Crippen LogP contribution in [0.4, 0.5) is 0 Å². The molecular formula is C17H28N2S. The lowest BCUT2D eigenvalue weighted by Crippen LogP contribution is -2.38. The van der Waals surface area contributed by atoms with Gasteiger partial charge in [-0.15, -0.1) is 0 Å². The predicted molar refractivity (Wildman–Crippen MR) is 90.4 cm³/mol. The van der Waals surface area contributed by atoms with Gasteiger partial charge in [0.05, 0.1) is 0 Å². The summed E-state index contributed by atoms with van der Waals surface area (Å²) in [5, 5.41) is 3.77. The molecule has 3 heteroatoms. The van der Waals surface area contributed by atoms with E-state index < -0.39 is 0 Å². The van der Waals surface area contributed by atoms with Crippen molar-refractivity contribution in [3.63, 3.8) is 0 Å². The number of hydrogen-bond donors (Lipinski definition) is 1. The highest BCUT2D eigenvalue weighted by molar-refractivity contribution is 7.99. The van der Waals surface area contributed by atoms with Gasteiger partial charge in [-0.1, -0.05) is 44.2 Å². The minimum atomic E-state index is 0.496. The summed E-state index contributed by atoms with van der Waals surface area (Å²) >= 11 is 2.08. The van der Waals surface area contributed by atoms with Crippen LogP contribution in [0.1, 0.15) is 31.9 Å². The van der Waals surface area contributed by atoms with E-state index >= 15 is 0 Å². The Morgan fingerprint density at radius 2 is 1.85 bits per heavy atom.